The van der Waals surface area contributed by atoms with E-state index in [0.29, 0.717) is 0 Å². The maximum Gasteiger partial charge on any atom is 0.119 e. The van der Waals surface area contributed by atoms with Crippen LogP contribution in [0.5, 0.6) is 5.75 Å². The van der Waals surface area contributed by atoms with Gasteiger partial charge in [0.1, 0.15) is 5.75 Å². The predicted octanol–water partition coefficient (Wildman–Crippen LogP) is 4.56. The maximum absolute atomic E-state index is 5.75. The van der Waals surface area contributed by atoms with E-state index in [1.165, 1.54) is 31.2 Å². The summed E-state index contributed by atoms with van der Waals surface area (Å²) in [4.78, 5) is 0. The molecule has 1 heterocycles. The second-order valence-electron chi connectivity index (χ2n) is 5.18. The Morgan fingerprint density at radius 2 is 1.84 bits per heavy atom. The lowest BCUT2D eigenvalue weighted by Gasteiger charge is -2.21. The number of ether oxygens (including phenoxy) is 2. The molecule has 0 bridgehead atoms. The molecular weight excluding hydrogens is 304 g/mol. The summed E-state index contributed by atoms with van der Waals surface area (Å²) in [5.74, 6) is 1.86. The van der Waals surface area contributed by atoms with E-state index in [1.807, 2.05) is 0 Å². The number of alkyl halides is 1. The van der Waals surface area contributed by atoms with Crippen LogP contribution in [0, 0.1) is 5.92 Å². The summed E-state index contributed by atoms with van der Waals surface area (Å²) in [5.41, 5.74) is 1.28. The van der Waals surface area contributed by atoms with Crippen molar-refractivity contribution in [3.05, 3.63) is 29.8 Å². The minimum atomic E-state index is 0.830. The normalized spacial score (nSPS) is 16.5. The Hall–Kier alpha value is -0.540. The number of hydrogen-bond donors (Lipinski definition) is 0. The van der Waals surface area contributed by atoms with Crippen LogP contribution in [0.4, 0.5) is 0 Å². The molecule has 0 aromatic heterocycles. The molecule has 0 radical (unpaired) electrons. The first kappa shape index (κ1) is 14.9. The molecule has 1 aliphatic heterocycles. The third kappa shape index (κ3) is 5.53. The van der Waals surface area contributed by atoms with Gasteiger partial charge in [0.25, 0.3) is 0 Å². The van der Waals surface area contributed by atoms with Crippen molar-refractivity contribution in [3.8, 4) is 5.75 Å². The van der Waals surface area contributed by atoms with Crippen LogP contribution >= 0.6 is 15.9 Å². The number of hydrogen-bond acceptors (Lipinski definition) is 2. The highest BCUT2D eigenvalue weighted by Gasteiger charge is 2.12. The van der Waals surface area contributed by atoms with Crippen molar-refractivity contribution in [2.75, 3.05) is 19.8 Å². The van der Waals surface area contributed by atoms with Gasteiger partial charge in [-0.3, -0.25) is 0 Å². The predicted molar refractivity (Wildman–Crippen MR) is 82.0 cm³/mol. The van der Waals surface area contributed by atoms with Crippen LogP contribution in [0.2, 0.25) is 0 Å². The lowest BCUT2D eigenvalue weighted by atomic mass is 9.94. The van der Waals surface area contributed by atoms with Crippen LogP contribution in [0.15, 0.2) is 24.3 Å². The number of halogens is 1. The van der Waals surface area contributed by atoms with Gasteiger partial charge >= 0.3 is 0 Å². The zero-order valence-corrected chi connectivity index (χ0v) is 13.0. The SMILES string of the molecule is BrCc1ccc(OCCCCC2CCOCC2)cc1. The molecule has 0 unspecified atom stereocenters. The van der Waals surface area contributed by atoms with Crippen LogP contribution in [0.3, 0.4) is 0 Å². The summed E-state index contributed by atoms with van der Waals surface area (Å²) in [7, 11) is 0. The molecule has 0 saturated carbocycles. The van der Waals surface area contributed by atoms with Crippen LogP contribution < -0.4 is 4.74 Å². The molecule has 106 valence electrons. The zero-order chi connectivity index (χ0) is 13.3. The molecule has 2 rings (SSSR count). The Morgan fingerprint density at radius 1 is 1.11 bits per heavy atom. The quantitative estimate of drug-likeness (QED) is 0.540. The summed E-state index contributed by atoms with van der Waals surface area (Å²) in [6.07, 6.45) is 6.24. The number of benzene rings is 1. The van der Waals surface area contributed by atoms with Gasteiger partial charge in [-0.1, -0.05) is 34.5 Å². The third-order valence-electron chi connectivity index (χ3n) is 3.69. The van der Waals surface area contributed by atoms with E-state index in [-0.39, 0.29) is 0 Å². The van der Waals surface area contributed by atoms with Crippen molar-refractivity contribution in [3.63, 3.8) is 0 Å². The average Bonchev–Trinajstić information content (AvgIpc) is 2.49. The monoisotopic (exact) mass is 326 g/mol. The zero-order valence-electron chi connectivity index (χ0n) is 11.4. The summed E-state index contributed by atoms with van der Waals surface area (Å²) in [6.45, 7) is 2.75. The van der Waals surface area contributed by atoms with E-state index in [4.69, 9.17) is 9.47 Å². The smallest absolute Gasteiger partial charge is 0.119 e. The Bertz CT molecular complexity index is 344. The van der Waals surface area contributed by atoms with Gasteiger partial charge in [-0.05, 0) is 49.3 Å². The van der Waals surface area contributed by atoms with Crippen molar-refractivity contribution in [2.45, 2.75) is 37.4 Å². The van der Waals surface area contributed by atoms with Gasteiger partial charge in [-0.2, -0.15) is 0 Å². The van der Waals surface area contributed by atoms with Crippen molar-refractivity contribution in [1.82, 2.24) is 0 Å². The molecule has 1 aromatic carbocycles. The van der Waals surface area contributed by atoms with E-state index in [9.17, 15) is 0 Å². The molecule has 19 heavy (non-hydrogen) atoms. The van der Waals surface area contributed by atoms with Crippen LogP contribution in [0.1, 0.15) is 37.7 Å². The third-order valence-corrected chi connectivity index (χ3v) is 4.34. The molecule has 1 aliphatic rings. The second kappa shape index (κ2) is 8.60. The Kier molecular flexibility index (Phi) is 6.72. The molecule has 2 nitrogen and oxygen atoms in total. The van der Waals surface area contributed by atoms with Crippen LogP contribution in [0.25, 0.3) is 0 Å². The fourth-order valence-corrected chi connectivity index (χ4v) is 2.81. The topological polar surface area (TPSA) is 18.5 Å². The van der Waals surface area contributed by atoms with Crippen LogP contribution in [-0.4, -0.2) is 19.8 Å². The maximum atomic E-state index is 5.75. The molecule has 1 aromatic rings. The fraction of sp³-hybridized carbons (Fsp3) is 0.625. The number of rotatable bonds is 7. The molecule has 0 N–H and O–H groups in total. The average molecular weight is 327 g/mol. The van der Waals surface area contributed by atoms with Gasteiger partial charge in [-0.15, -0.1) is 0 Å². The van der Waals surface area contributed by atoms with Gasteiger partial charge in [0.05, 0.1) is 6.61 Å². The molecule has 0 spiro atoms. The summed E-state index contributed by atoms with van der Waals surface area (Å²) < 4.78 is 11.1. The minimum absolute atomic E-state index is 0.830. The molecule has 0 aliphatic carbocycles. The largest absolute Gasteiger partial charge is 0.494 e. The van der Waals surface area contributed by atoms with Crippen molar-refractivity contribution in [1.29, 1.82) is 0 Å². The first-order chi connectivity index (χ1) is 9.38. The highest BCUT2D eigenvalue weighted by molar-refractivity contribution is 9.08. The molecular formula is C16H23BrO2. The van der Waals surface area contributed by atoms with Gasteiger partial charge in [0, 0.05) is 18.5 Å². The molecule has 3 heteroatoms. The van der Waals surface area contributed by atoms with Crippen molar-refractivity contribution in [2.24, 2.45) is 5.92 Å². The second-order valence-corrected chi connectivity index (χ2v) is 5.74. The van der Waals surface area contributed by atoms with Gasteiger partial charge in [-0.25, -0.2) is 0 Å². The van der Waals surface area contributed by atoms with Gasteiger partial charge in [0.2, 0.25) is 0 Å². The van der Waals surface area contributed by atoms with E-state index in [2.05, 4.69) is 40.2 Å². The van der Waals surface area contributed by atoms with Gasteiger partial charge < -0.3 is 9.47 Å². The highest BCUT2D eigenvalue weighted by atomic mass is 79.9. The van der Waals surface area contributed by atoms with E-state index < -0.39 is 0 Å². The molecule has 1 saturated heterocycles. The first-order valence-electron chi connectivity index (χ1n) is 7.24. The minimum Gasteiger partial charge on any atom is -0.494 e. The molecule has 0 amide bonds. The van der Waals surface area contributed by atoms with Crippen LogP contribution in [-0.2, 0) is 10.1 Å². The van der Waals surface area contributed by atoms with E-state index >= 15 is 0 Å². The van der Waals surface area contributed by atoms with Crippen molar-refractivity contribution >= 4 is 15.9 Å². The standard InChI is InChI=1S/C16H23BrO2/c17-13-15-4-6-16(7-5-15)19-10-2-1-3-14-8-11-18-12-9-14/h4-7,14H,1-3,8-13H2. The Balaban J connectivity index is 1.55. The Morgan fingerprint density at radius 3 is 2.53 bits per heavy atom. The highest BCUT2D eigenvalue weighted by Crippen LogP contribution is 2.21. The van der Waals surface area contributed by atoms with Gasteiger partial charge in [0.15, 0.2) is 0 Å². The lowest BCUT2D eigenvalue weighted by Crippen LogP contribution is -2.15. The molecule has 1 fully saturated rings. The first-order valence-corrected chi connectivity index (χ1v) is 8.36. The summed E-state index contributed by atoms with van der Waals surface area (Å²) in [6, 6.07) is 8.31. The Labute approximate surface area is 124 Å². The van der Waals surface area contributed by atoms with E-state index in [1.54, 1.807) is 0 Å². The number of unbranched alkanes of at least 4 members (excludes halogenated alkanes) is 1. The lowest BCUT2D eigenvalue weighted by molar-refractivity contribution is 0.0628. The van der Waals surface area contributed by atoms with Crippen molar-refractivity contribution < 1.29 is 9.47 Å². The van der Waals surface area contributed by atoms with E-state index in [0.717, 1.165) is 43.2 Å². The fourth-order valence-electron chi connectivity index (χ4n) is 2.43. The molecule has 0 atom stereocenters. The summed E-state index contributed by atoms with van der Waals surface area (Å²) in [5, 5.41) is 0.901. The summed E-state index contributed by atoms with van der Waals surface area (Å²) >= 11 is 3.44.